The van der Waals surface area contributed by atoms with Crippen LogP contribution in [-0.4, -0.2) is 37.7 Å². The number of aromatic nitrogens is 1. The molecule has 0 unspecified atom stereocenters. The Morgan fingerprint density at radius 3 is 2.64 bits per heavy atom. The van der Waals surface area contributed by atoms with E-state index in [0.29, 0.717) is 29.4 Å². The Morgan fingerprint density at radius 1 is 1.20 bits per heavy atom. The van der Waals surface area contributed by atoms with Gasteiger partial charge in [-0.05, 0) is 50.1 Å². The van der Waals surface area contributed by atoms with Crippen LogP contribution in [0.15, 0.2) is 36.5 Å². The highest BCUT2D eigenvalue weighted by molar-refractivity contribution is 6.04. The molecule has 1 aromatic heterocycles. The maximum Gasteiger partial charge on any atom is 0.255 e. The molecule has 1 amide bonds. The van der Waals surface area contributed by atoms with Gasteiger partial charge in [0.05, 0.1) is 25.6 Å². The van der Waals surface area contributed by atoms with Crippen LogP contribution in [0.25, 0.3) is 0 Å². The summed E-state index contributed by atoms with van der Waals surface area (Å²) < 4.78 is 10.8. The van der Waals surface area contributed by atoms with Crippen molar-refractivity contribution in [2.24, 2.45) is 0 Å². The van der Waals surface area contributed by atoms with Gasteiger partial charge in [-0.25, -0.2) is 4.98 Å². The van der Waals surface area contributed by atoms with E-state index < -0.39 is 0 Å². The largest absolute Gasteiger partial charge is 0.493 e. The van der Waals surface area contributed by atoms with Gasteiger partial charge < -0.3 is 19.7 Å². The lowest BCUT2D eigenvalue weighted by atomic mass is 10.2. The highest BCUT2D eigenvalue weighted by Gasteiger charge is 2.14. The van der Waals surface area contributed by atoms with Crippen LogP contribution in [0.2, 0.25) is 0 Å². The van der Waals surface area contributed by atoms with Gasteiger partial charge in [-0.3, -0.25) is 4.79 Å². The highest BCUT2D eigenvalue weighted by Crippen LogP contribution is 2.28. The van der Waals surface area contributed by atoms with Crippen molar-refractivity contribution in [1.29, 1.82) is 0 Å². The molecule has 2 heterocycles. The number of ether oxygens (including phenoxy) is 2. The van der Waals surface area contributed by atoms with Gasteiger partial charge in [-0.15, -0.1) is 0 Å². The zero-order chi connectivity index (χ0) is 17.6. The first-order valence-electron chi connectivity index (χ1n) is 8.54. The Labute approximate surface area is 147 Å². The average molecular weight is 341 g/mol. The summed E-state index contributed by atoms with van der Waals surface area (Å²) in [5.41, 5.74) is 1.17. The second kappa shape index (κ2) is 7.88. The van der Waals surface area contributed by atoms with Crippen LogP contribution >= 0.6 is 0 Å². The van der Waals surface area contributed by atoms with Crippen LogP contribution in [0.5, 0.6) is 11.5 Å². The van der Waals surface area contributed by atoms with Gasteiger partial charge in [0, 0.05) is 18.7 Å². The summed E-state index contributed by atoms with van der Waals surface area (Å²) in [4.78, 5) is 19.1. The number of carbonyl (C=O) groups excluding carboxylic acids is 1. The van der Waals surface area contributed by atoms with Crippen LogP contribution in [-0.2, 0) is 0 Å². The van der Waals surface area contributed by atoms with Crippen LogP contribution in [0, 0.1) is 0 Å². The fraction of sp³-hybridized carbons (Fsp3) is 0.368. The SMILES string of the molecule is CCOc1ccc(C(=O)Nc2ccc(N3CCCC3)nc2)cc1OC. The predicted molar refractivity (Wildman–Crippen MR) is 97.8 cm³/mol. The molecule has 0 radical (unpaired) electrons. The molecule has 6 heteroatoms. The number of rotatable bonds is 6. The molecule has 1 aromatic carbocycles. The van der Waals surface area contributed by atoms with E-state index in [4.69, 9.17) is 9.47 Å². The summed E-state index contributed by atoms with van der Waals surface area (Å²) in [6, 6.07) is 8.96. The number of nitrogens with one attached hydrogen (secondary N) is 1. The van der Waals surface area contributed by atoms with E-state index >= 15 is 0 Å². The van der Waals surface area contributed by atoms with Gasteiger partial charge in [0.15, 0.2) is 11.5 Å². The number of anilines is 2. The number of carbonyl (C=O) groups is 1. The van der Waals surface area contributed by atoms with Crippen LogP contribution < -0.4 is 19.7 Å². The molecule has 0 spiro atoms. The second-order valence-corrected chi connectivity index (χ2v) is 5.85. The summed E-state index contributed by atoms with van der Waals surface area (Å²) in [6.07, 6.45) is 4.11. The zero-order valence-corrected chi connectivity index (χ0v) is 14.6. The van der Waals surface area contributed by atoms with Gasteiger partial charge in [-0.2, -0.15) is 0 Å². The minimum atomic E-state index is -0.211. The van der Waals surface area contributed by atoms with Gasteiger partial charge in [0.2, 0.25) is 0 Å². The molecule has 2 aromatic rings. The van der Waals surface area contributed by atoms with E-state index in [0.717, 1.165) is 18.9 Å². The molecular formula is C19H23N3O3. The predicted octanol–water partition coefficient (Wildman–Crippen LogP) is 3.34. The maximum absolute atomic E-state index is 12.4. The number of benzene rings is 1. The summed E-state index contributed by atoms with van der Waals surface area (Å²) >= 11 is 0. The molecule has 1 fully saturated rings. The summed E-state index contributed by atoms with van der Waals surface area (Å²) in [6.45, 7) is 4.53. The molecule has 0 bridgehead atoms. The van der Waals surface area contributed by atoms with Crippen molar-refractivity contribution in [2.45, 2.75) is 19.8 Å². The molecule has 3 rings (SSSR count). The van der Waals surface area contributed by atoms with Gasteiger partial charge in [0.1, 0.15) is 5.82 Å². The highest BCUT2D eigenvalue weighted by atomic mass is 16.5. The Kier molecular flexibility index (Phi) is 5.38. The zero-order valence-electron chi connectivity index (χ0n) is 14.6. The van der Waals surface area contributed by atoms with Gasteiger partial charge in [0.25, 0.3) is 5.91 Å². The minimum Gasteiger partial charge on any atom is -0.493 e. The number of hydrogen-bond acceptors (Lipinski definition) is 5. The lowest BCUT2D eigenvalue weighted by Gasteiger charge is -2.16. The summed E-state index contributed by atoms with van der Waals surface area (Å²) in [7, 11) is 1.56. The lowest BCUT2D eigenvalue weighted by Crippen LogP contribution is -2.19. The molecular weight excluding hydrogens is 318 g/mol. The molecule has 0 aliphatic carbocycles. The summed E-state index contributed by atoms with van der Waals surface area (Å²) in [5, 5.41) is 2.86. The molecule has 1 saturated heterocycles. The molecule has 132 valence electrons. The first-order valence-corrected chi connectivity index (χ1v) is 8.54. The van der Waals surface area contributed by atoms with E-state index in [-0.39, 0.29) is 5.91 Å². The van der Waals surface area contributed by atoms with E-state index in [9.17, 15) is 4.79 Å². The number of methoxy groups -OCH3 is 1. The quantitative estimate of drug-likeness (QED) is 0.873. The fourth-order valence-corrected chi connectivity index (χ4v) is 2.88. The average Bonchev–Trinajstić information content (AvgIpc) is 3.17. The normalized spacial score (nSPS) is 13.6. The second-order valence-electron chi connectivity index (χ2n) is 5.85. The Balaban J connectivity index is 1.69. The monoisotopic (exact) mass is 341 g/mol. The van der Waals surface area contributed by atoms with Crippen molar-refractivity contribution < 1.29 is 14.3 Å². The molecule has 0 atom stereocenters. The third-order valence-corrected chi connectivity index (χ3v) is 4.16. The molecule has 6 nitrogen and oxygen atoms in total. The molecule has 1 N–H and O–H groups in total. The molecule has 0 saturated carbocycles. The Morgan fingerprint density at radius 2 is 2.00 bits per heavy atom. The van der Waals surface area contributed by atoms with Crippen molar-refractivity contribution in [3.63, 3.8) is 0 Å². The van der Waals surface area contributed by atoms with E-state index in [1.165, 1.54) is 12.8 Å². The van der Waals surface area contributed by atoms with E-state index in [2.05, 4.69) is 15.2 Å². The lowest BCUT2D eigenvalue weighted by molar-refractivity contribution is 0.102. The van der Waals surface area contributed by atoms with Crippen molar-refractivity contribution in [1.82, 2.24) is 4.98 Å². The molecule has 1 aliphatic heterocycles. The van der Waals surface area contributed by atoms with Crippen LogP contribution in [0.4, 0.5) is 11.5 Å². The van der Waals surface area contributed by atoms with E-state index in [1.54, 1.807) is 31.5 Å². The standard InChI is InChI=1S/C19H23N3O3/c1-3-25-16-8-6-14(12-17(16)24-2)19(23)21-15-7-9-18(20-13-15)22-10-4-5-11-22/h6-9,12-13H,3-5,10-11H2,1-2H3,(H,21,23). The first kappa shape index (κ1) is 17.1. The smallest absolute Gasteiger partial charge is 0.255 e. The Bertz CT molecular complexity index is 725. The van der Waals surface area contributed by atoms with Gasteiger partial charge >= 0.3 is 0 Å². The first-order chi connectivity index (χ1) is 12.2. The number of hydrogen-bond donors (Lipinski definition) is 1. The third kappa shape index (κ3) is 4.02. The fourth-order valence-electron chi connectivity index (χ4n) is 2.88. The molecule has 25 heavy (non-hydrogen) atoms. The van der Waals surface area contributed by atoms with Crippen molar-refractivity contribution in [3.8, 4) is 11.5 Å². The Hall–Kier alpha value is -2.76. The van der Waals surface area contributed by atoms with Crippen molar-refractivity contribution in [2.75, 3.05) is 37.0 Å². The minimum absolute atomic E-state index is 0.211. The number of pyridine rings is 1. The molecule has 1 aliphatic rings. The summed E-state index contributed by atoms with van der Waals surface area (Å²) in [5.74, 6) is 1.91. The number of nitrogens with zero attached hydrogens (tertiary/aromatic N) is 2. The van der Waals surface area contributed by atoms with Crippen LogP contribution in [0.1, 0.15) is 30.1 Å². The maximum atomic E-state index is 12.4. The topological polar surface area (TPSA) is 63.7 Å². The van der Waals surface area contributed by atoms with Gasteiger partial charge in [-0.1, -0.05) is 0 Å². The van der Waals surface area contributed by atoms with Crippen LogP contribution in [0.3, 0.4) is 0 Å². The van der Waals surface area contributed by atoms with E-state index in [1.807, 2.05) is 19.1 Å². The van der Waals surface area contributed by atoms with Crippen molar-refractivity contribution >= 4 is 17.4 Å². The van der Waals surface area contributed by atoms with Crippen molar-refractivity contribution in [3.05, 3.63) is 42.1 Å². The number of amides is 1. The third-order valence-electron chi connectivity index (χ3n) is 4.16.